The number of allylic oxidation sites excluding steroid dienone is 8. The molecule has 4 N–H and O–H groups in total. The van der Waals surface area contributed by atoms with Gasteiger partial charge < -0.3 is 21.3 Å². The van der Waals surface area contributed by atoms with E-state index in [1.165, 1.54) is 5.56 Å². The van der Waals surface area contributed by atoms with Crippen molar-refractivity contribution in [3.8, 4) is 0 Å². The van der Waals surface area contributed by atoms with Gasteiger partial charge in [-0.25, -0.2) is 20.0 Å². The van der Waals surface area contributed by atoms with E-state index >= 15 is 0 Å². The monoisotopic (exact) mass is 754 g/mol. The van der Waals surface area contributed by atoms with E-state index in [9.17, 15) is 0 Å². The zero-order chi connectivity index (χ0) is 39.5. The van der Waals surface area contributed by atoms with Crippen molar-refractivity contribution >= 4 is 85.4 Å². The third kappa shape index (κ3) is 10.3. The Morgan fingerprint density at radius 2 is 0.483 bits per heavy atom. The van der Waals surface area contributed by atoms with Crippen LogP contribution in [0.5, 0.6) is 0 Å². The summed E-state index contributed by atoms with van der Waals surface area (Å²) in [4.78, 5) is 19.0. The molecule has 0 radical (unpaired) electrons. The van der Waals surface area contributed by atoms with Gasteiger partial charge in [0, 0.05) is 46.9 Å². The minimum absolute atomic E-state index is 0.867. The van der Waals surface area contributed by atoms with Crippen LogP contribution in [0.4, 0.5) is 62.6 Å². The lowest BCUT2D eigenvalue weighted by Crippen LogP contribution is -1.99. The summed E-state index contributed by atoms with van der Waals surface area (Å²) in [7, 11) is 1.91. The molecular formula is C50H42N8. The second-order valence-electron chi connectivity index (χ2n) is 13.7. The number of anilines is 7. The molecule has 0 bridgehead atoms. The van der Waals surface area contributed by atoms with E-state index in [-0.39, 0.29) is 0 Å². The second kappa shape index (κ2) is 17.7. The molecule has 282 valence electrons. The molecule has 0 saturated carbocycles. The summed E-state index contributed by atoms with van der Waals surface area (Å²) in [5, 5.41) is 13.5. The van der Waals surface area contributed by atoms with Crippen LogP contribution in [0.25, 0.3) is 0 Å². The smallest absolute Gasteiger partial charge is 0.0638 e. The van der Waals surface area contributed by atoms with Crippen LogP contribution in [0.1, 0.15) is 5.56 Å². The number of aliphatic imine (C=N–C) groups is 4. The normalized spacial score (nSPS) is 12.9. The van der Waals surface area contributed by atoms with Gasteiger partial charge in [0.05, 0.1) is 45.6 Å². The fraction of sp³-hybridized carbons (Fsp3) is 0.0400. The summed E-state index contributed by atoms with van der Waals surface area (Å²) >= 11 is 0. The zero-order valence-corrected chi connectivity index (χ0v) is 32.3. The Kier molecular flexibility index (Phi) is 11.4. The summed E-state index contributed by atoms with van der Waals surface area (Å²) in [6.45, 7) is 2.07. The van der Waals surface area contributed by atoms with E-state index < -0.39 is 0 Å². The van der Waals surface area contributed by atoms with Crippen molar-refractivity contribution in [2.75, 3.05) is 28.3 Å². The Balaban J connectivity index is 0.798. The summed E-state index contributed by atoms with van der Waals surface area (Å²) in [6.07, 6.45) is 15.9. The molecule has 0 amide bonds. The molecular weight excluding hydrogens is 713 g/mol. The molecule has 0 spiro atoms. The summed E-state index contributed by atoms with van der Waals surface area (Å²) in [6, 6.07) is 48.8. The fourth-order valence-corrected chi connectivity index (χ4v) is 6.13. The highest BCUT2D eigenvalue weighted by molar-refractivity contribution is 6.20. The summed E-state index contributed by atoms with van der Waals surface area (Å²) < 4.78 is 0. The van der Waals surface area contributed by atoms with Crippen LogP contribution in [-0.2, 0) is 0 Å². The molecule has 0 aliphatic heterocycles. The van der Waals surface area contributed by atoms with Gasteiger partial charge in [0.1, 0.15) is 0 Å². The van der Waals surface area contributed by atoms with E-state index in [1.807, 2.05) is 165 Å². The first kappa shape index (κ1) is 37.1. The minimum atomic E-state index is 0.867. The highest BCUT2D eigenvalue weighted by atomic mass is 14.9. The predicted molar refractivity (Wildman–Crippen MR) is 248 cm³/mol. The third-order valence-electron chi connectivity index (χ3n) is 9.29. The van der Waals surface area contributed by atoms with Gasteiger partial charge in [-0.3, -0.25) is 0 Å². The van der Waals surface area contributed by atoms with Gasteiger partial charge in [-0.2, -0.15) is 0 Å². The van der Waals surface area contributed by atoms with Gasteiger partial charge in [-0.05, 0) is 189 Å². The fourth-order valence-electron chi connectivity index (χ4n) is 6.13. The topological polar surface area (TPSA) is 97.6 Å². The van der Waals surface area contributed by atoms with Crippen LogP contribution in [0.3, 0.4) is 0 Å². The Bertz CT molecular complexity index is 2570. The van der Waals surface area contributed by atoms with Gasteiger partial charge in [0.15, 0.2) is 0 Å². The van der Waals surface area contributed by atoms with Crippen LogP contribution in [0.2, 0.25) is 0 Å². The minimum Gasteiger partial charge on any atom is -0.388 e. The summed E-state index contributed by atoms with van der Waals surface area (Å²) in [5.74, 6) is 0. The number of hydrogen-bond donors (Lipinski definition) is 4. The van der Waals surface area contributed by atoms with Gasteiger partial charge in [-0.1, -0.05) is 17.7 Å². The molecule has 6 aromatic carbocycles. The first-order chi connectivity index (χ1) is 28.5. The molecule has 8 nitrogen and oxygen atoms in total. The first-order valence-electron chi connectivity index (χ1n) is 19.1. The maximum absolute atomic E-state index is 4.80. The number of hydrogen-bond acceptors (Lipinski definition) is 8. The molecule has 2 aliphatic carbocycles. The largest absolute Gasteiger partial charge is 0.388 e. The van der Waals surface area contributed by atoms with Gasteiger partial charge in [-0.15, -0.1) is 0 Å². The van der Waals surface area contributed by atoms with Gasteiger partial charge >= 0.3 is 0 Å². The van der Waals surface area contributed by atoms with E-state index in [0.29, 0.717) is 0 Å². The SMILES string of the molecule is CNc1ccc(Nc2ccc(N=C3C=CC(=Nc4ccc(Nc5ccc(Nc6ccc(N=C7C=CC(=Nc8ccc(C)cc8)C=C7)cc6)cc5)cc4)C=C3)cc2)cc1. The highest BCUT2D eigenvalue weighted by Gasteiger charge is 2.05. The number of aryl methyl sites for hydroxylation is 1. The molecule has 8 heteroatoms. The Morgan fingerprint density at radius 1 is 0.276 bits per heavy atom. The Morgan fingerprint density at radius 3 is 0.724 bits per heavy atom. The lowest BCUT2D eigenvalue weighted by Gasteiger charge is -2.10. The number of nitrogens with zero attached hydrogens (tertiary/aromatic N) is 4. The number of benzene rings is 6. The molecule has 6 aromatic rings. The van der Waals surface area contributed by atoms with Crippen molar-refractivity contribution in [2.45, 2.75) is 6.92 Å². The van der Waals surface area contributed by atoms with E-state index in [2.05, 4.69) is 69.6 Å². The highest BCUT2D eigenvalue weighted by Crippen LogP contribution is 2.26. The Hall–Kier alpha value is -7.84. The van der Waals surface area contributed by atoms with Crippen molar-refractivity contribution in [3.05, 3.63) is 200 Å². The molecule has 0 aromatic heterocycles. The lowest BCUT2D eigenvalue weighted by molar-refractivity contribution is 1.43. The standard InChI is InChI=1S/C50H42N8/c1-35-3-5-37(6-4-35)52-39-11-13-41(14-12-39)54-43-19-21-45(22-20-43)56-47-27-29-49(30-28-47)58-50-33-31-48(32-34-50)57-46-25-23-44(24-26-46)55-42-17-15-40(16-18-42)53-38-9-7-36(51-2)8-10-38/h3-34,51,53,56,58H,1-2H3. The molecule has 0 saturated heterocycles. The quantitative estimate of drug-likeness (QED) is 0.0990. The van der Waals surface area contributed by atoms with Crippen molar-refractivity contribution < 1.29 is 0 Å². The number of rotatable bonds is 11. The van der Waals surface area contributed by atoms with E-state index in [1.54, 1.807) is 0 Å². The lowest BCUT2D eigenvalue weighted by atomic mass is 10.1. The van der Waals surface area contributed by atoms with Crippen molar-refractivity contribution in [3.63, 3.8) is 0 Å². The van der Waals surface area contributed by atoms with Gasteiger partial charge in [0.25, 0.3) is 0 Å². The van der Waals surface area contributed by atoms with Crippen LogP contribution >= 0.6 is 0 Å². The van der Waals surface area contributed by atoms with Crippen molar-refractivity contribution in [2.24, 2.45) is 20.0 Å². The van der Waals surface area contributed by atoms with Crippen LogP contribution in [-0.4, -0.2) is 29.9 Å². The second-order valence-corrected chi connectivity index (χ2v) is 13.7. The van der Waals surface area contributed by atoms with Crippen LogP contribution in [0.15, 0.2) is 214 Å². The Labute approximate surface area is 339 Å². The molecule has 0 atom stereocenters. The van der Waals surface area contributed by atoms with Crippen molar-refractivity contribution in [1.29, 1.82) is 0 Å². The predicted octanol–water partition coefficient (Wildman–Crippen LogP) is 13.2. The molecule has 0 unspecified atom stereocenters. The van der Waals surface area contributed by atoms with E-state index in [0.717, 1.165) is 85.4 Å². The van der Waals surface area contributed by atoms with E-state index in [4.69, 9.17) is 15.0 Å². The van der Waals surface area contributed by atoms with Crippen molar-refractivity contribution in [1.82, 2.24) is 0 Å². The average Bonchev–Trinajstić information content (AvgIpc) is 3.26. The molecule has 0 fully saturated rings. The average molecular weight is 755 g/mol. The third-order valence-corrected chi connectivity index (χ3v) is 9.29. The van der Waals surface area contributed by atoms with Gasteiger partial charge in [0.2, 0.25) is 0 Å². The van der Waals surface area contributed by atoms with Crippen LogP contribution < -0.4 is 21.3 Å². The molecule has 0 heterocycles. The summed E-state index contributed by atoms with van der Waals surface area (Å²) in [5.41, 5.74) is 15.4. The first-order valence-corrected chi connectivity index (χ1v) is 19.1. The maximum atomic E-state index is 4.80. The van der Waals surface area contributed by atoms with Crippen LogP contribution in [0, 0.1) is 6.92 Å². The zero-order valence-electron chi connectivity index (χ0n) is 32.3. The molecule has 2 aliphatic rings. The molecule has 8 rings (SSSR count). The molecule has 58 heavy (non-hydrogen) atoms. The maximum Gasteiger partial charge on any atom is 0.0638 e. The number of nitrogens with one attached hydrogen (secondary N) is 4.